The Morgan fingerprint density at radius 3 is 2.61 bits per heavy atom. The van der Waals surface area contributed by atoms with Crippen molar-refractivity contribution in [2.24, 2.45) is 0 Å². The topological polar surface area (TPSA) is 79.0 Å². The van der Waals surface area contributed by atoms with Gasteiger partial charge in [0.2, 0.25) is 5.91 Å². The van der Waals surface area contributed by atoms with Crippen LogP contribution in [0.2, 0.25) is 0 Å². The van der Waals surface area contributed by atoms with E-state index in [1.807, 2.05) is 4.90 Å². The van der Waals surface area contributed by atoms with Crippen molar-refractivity contribution >= 4 is 29.2 Å². The molecule has 2 heterocycles. The van der Waals surface area contributed by atoms with Gasteiger partial charge in [-0.3, -0.25) is 14.5 Å². The highest BCUT2D eigenvalue weighted by atomic mass is 19.1. The fourth-order valence-corrected chi connectivity index (χ4v) is 3.48. The molecular weight excluding hydrogens is 365 g/mol. The molecule has 0 saturated carbocycles. The van der Waals surface area contributed by atoms with E-state index in [-0.39, 0.29) is 24.8 Å². The minimum Gasteiger partial charge on any atom is -0.442 e. The third kappa shape index (κ3) is 4.68. The number of nitrogens with one attached hydrogen (secondary N) is 1. The van der Waals surface area contributed by atoms with Gasteiger partial charge in [-0.1, -0.05) is 5.57 Å². The Morgan fingerprint density at radius 2 is 2.00 bits per heavy atom. The second-order valence-corrected chi connectivity index (χ2v) is 7.09. The molecule has 1 unspecified atom stereocenters. The molecule has 0 aromatic heterocycles. The number of ether oxygens (including phenoxy) is 1. The van der Waals surface area contributed by atoms with E-state index in [1.165, 1.54) is 24.8 Å². The molecular formula is C20H24FN3O4. The maximum atomic E-state index is 14.7. The van der Waals surface area contributed by atoms with Gasteiger partial charge >= 0.3 is 6.09 Å². The largest absolute Gasteiger partial charge is 0.442 e. The molecule has 0 aliphatic carbocycles. The number of benzene rings is 1. The van der Waals surface area contributed by atoms with Gasteiger partial charge in [0.15, 0.2) is 5.78 Å². The predicted molar refractivity (Wildman–Crippen MR) is 103 cm³/mol. The molecule has 1 aromatic rings. The Hall–Kier alpha value is -2.90. The van der Waals surface area contributed by atoms with Crippen LogP contribution in [0.3, 0.4) is 0 Å². The third-order valence-electron chi connectivity index (χ3n) is 4.85. The Bertz CT molecular complexity index is 814. The van der Waals surface area contributed by atoms with Crippen LogP contribution < -0.4 is 15.1 Å². The molecule has 7 nitrogen and oxygen atoms in total. The zero-order chi connectivity index (χ0) is 20.3. The number of nitrogens with zero attached hydrogens (tertiary/aromatic N) is 2. The van der Waals surface area contributed by atoms with Crippen LogP contribution in [0.5, 0.6) is 0 Å². The van der Waals surface area contributed by atoms with E-state index in [9.17, 15) is 18.8 Å². The molecule has 1 atom stereocenters. The number of cyclic esters (lactones) is 1. The Morgan fingerprint density at radius 1 is 1.29 bits per heavy atom. The van der Waals surface area contributed by atoms with Crippen molar-refractivity contribution in [1.82, 2.24) is 5.32 Å². The average Bonchev–Trinajstić information content (AvgIpc) is 3.01. The third-order valence-corrected chi connectivity index (χ3v) is 4.85. The average molecular weight is 389 g/mol. The molecule has 2 fully saturated rings. The minimum absolute atomic E-state index is 0.0355. The SMILES string of the molecule is CC(=O)C=C1CCN(c2ccc(N3CC(CNC(C)=O)OC3=O)cc2F)CC1. The highest BCUT2D eigenvalue weighted by Gasteiger charge is 2.33. The molecule has 0 spiro atoms. The number of hydrogen-bond acceptors (Lipinski definition) is 5. The molecule has 0 radical (unpaired) electrons. The monoisotopic (exact) mass is 389 g/mol. The van der Waals surface area contributed by atoms with E-state index in [0.717, 1.165) is 18.4 Å². The fraction of sp³-hybridized carbons (Fsp3) is 0.450. The van der Waals surface area contributed by atoms with Crippen LogP contribution in [0, 0.1) is 5.82 Å². The van der Waals surface area contributed by atoms with Crippen molar-refractivity contribution in [3.05, 3.63) is 35.7 Å². The van der Waals surface area contributed by atoms with Crippen LogP contribution in [0.25, 0.3) is 0 Å². The highest BCUT2D eigenvalue weighted by Crippen LogP contribution is 2.30. The van der Waals surface area contributed by atoms with Crippen LogP contribution in [-0.2, 0) is 14.3 Å². The van der Waals surface area contributed by atoms with E-state index in [0.29, 0.717) is 24.5 Å². The number of amides is 2. The first kappa shape index (κ1) is 19.9. The number of anilines is 2. The predicted octanol–water partition coefficient (Wildman–Crippen LogP) is 2.40. The lowest BCUT2D eigenvalue weighted by Gasteiger charge is -2.31. The van der Waals surface area contributed by atoms with Crippen LogP contribution in [-0.4, -0.2) is 50.1 Å². The van der Waals surface area contributed by atoms with Gasteiger partial charge < -0.3 is 15.0 Å². The zero-order valence-electron chi connectivity index (χ0n) is 16.0. The van der Waals surface area contributed by atoms with Gasteiger partial charge in [-0.2, -0.15) is 0 Å². The second kappa shape index (κ2) is 8.41. The minimum atomic E-state index is -0.556. The first-order chi connectivity index (χ1) is 13.3. The standard InChI is InChI=1S/C20H24FN3O4/c1-13(25)9-15-5-7-23(8-6-15)19-4-3-16(10-18(19)21)24-12-17(28-20(24)27)11-22-14(2)26/h3-4,9-10,17H,5-8,11-12H2,1-2H3,(H,22,26). The molecule has 3 rings (SSSR count). The van der Waals surface area contributed by atoms with E-state index < -0.39 is 18.0 Å². The van der Waals surface area contributed by atoms with Crippen molar-refractivity contribution in [3.63, 3.8) is 0 Å². The van der Waals surface area contributed by atoms with Crippen molar-refractivity contribution in [3.8, 4) is 0 Å². The van der Waals surface area contributed by atoms with Crippen LogP contribution >= 0.6 is 0 Å². The molecule has 0 bridgehead atoms. The molecule has 8 heteroatoms. The van der Waals surface area contributed by atoms with Crippen LogP contribution in [0.4, 0.5) is 20.6 Å². The number of carbonyl (C=O) groups excluding carboxylic acids is 3. The normalized spacial score (nSPS) is 19.5. The summed E-state index contributed by atoms with van der Waals surface area (Å²) in [7, 11) is 0. The Balaban J connectivity index is 1.65. The quantitative estimate of drug-likeness (QED) is 0.783. The molecule has 2 amide bonds. The summed E-state index contributed by atoms with van der Waals surface area (Å²) in [5.41, 5.74) is 1.99. The summed E-state index contributed by atoms with van der Waals surface area (Å²) in [4.78, 5) is 37.6. The van der Waals surface area contributed by atoms with E-state index in [2.05, 4.69) is 5.32 Å². The van der Waals surface area contributed by atoms with Gasteiger partial charge in [0.1, 0.15) is 11.9 Å². The van der Waals surface area contributed by atoms with Crippen molar-refractivity contribution < 1.29 is 23.5 Å². The van der Waals surface area contributed by atoms with Crippen molar-refractivity contribution in [2.75, 3.05) is 36.0 Å². The summed E-state index contributed by atoms with van der Waals surface area (Å²) < 4.78 is 19.9. The molecule has 150 valence electrons. The number of ketones is 1. The summed E-state index contributed by atoms with van der Waals surface area (Å²) >= 11 is 0. The lowest BCUT2D eigenvalue weighted by Crippen LogP contribution is -2.33. The van der Waals surface area contributed by atoms with Gasteiger partial charge in [0, 0.05) is 20.0 Å². The first-order valence-electron chi connectivity index (χ1n) is 9.30. The zero-order valence-corrected chi connectivity index (χ0v) is 16.0. The van der Waals surface area contributed by atoms with E-state index >= 15 is 0 Å². The van der Waals surface area contributed by atoms with Gasteiger partial charge in [0.05, 0.1) is 24.5 Å². The highest BCUT2D eigenvalue weighted by molar-refractivity contribution is 5.90. The van der Waals surface area contributed by atoms with Gasteiger partial charge in [0.25, 0.3) is 0 Å². The molecule has 2 saturated heterocycles. The number of halogens is 1. The molecule has 2 aliphatic heterocycles. The summed E-state index contributed by atoms with van der Waals surface area (Å²) in [6.45, 7) is 4.67. The summed E-state index contributed by atoms with van der Waals surface area (Å²) in [5.74, 6) is -0.573. The number of rotatable bonds is 5. The number of hydrogen-bond donors (Lipinski definition) is 1. The number of carbonyl (C=O) groups is 3. The smallest absolute Gasteiger partial charge is 0.414 e. The maximum Gasteiger partial charge on any atom is 0.414 e. The van der Waals surface area contributed by atoms with Gasteiger partial charge in [-0.15, -0.1) is 0 Å². The molecule has 28 heavy (non-hydrogen) atoms. The Kier molecular flexibility index (Phi) is 5.96. The van der Waals surface area contributed by atoms with E-state index in [1.54, 1.807) is 18.2 Å². The Labute approximate surface area is 163 Å². The van der Waals surface area contributed by atoms with Crippen molar-refractivity contribution in [1.29, 1.82) is 0 Å². The summed E-state index contributed by atoms with van der Waals surface area (Å²) in [6, 6.07) is 4.69. The van der Waals surface area contributed by atoms with Crippen LogP contribution in [0.15, 0.2) is 29.8 Å². The summed E-state index contributed by atoms with van der Waals surface area (Å²) in [5, 5.41) is 2.61. The lowest BCUT2D eigenvalue weighted by atomic mass is 10.0. The van der Waals surface area contributed by atoms with Gasteiger partial charge in [-0.25, -0.2) is 9.18 Å². The van der Waals surface area contributed by atoms with E-state index in [4.69, 9.17) is 4.74 Å². The number of allylic oxidation sites excluding steroid dienone is 1. The van der Waals surface area contributed by atoms with Crippen molar-refractivity contribution in [2.45, 2.75) is 32.8 Å². The first-order valence-corrected chi connectivity index (χ1v) is 9.30. The maximum absolute atomic E-state index is 14.7. The number of piperidine rings is 1. The molecule has 1 aromatic carbocycles. The fourth-order valence-electron chi connectivity index (χ4n) is 3.48. The second-order valence-electron chi connectivity index (χ2n) is 7.09. The van der Waals surface area contributed by atoms with Crippen LogP contribution in [0.1, 0.15) is 26.7 Å². The lowest BCUT2D eigenvalue weighted by molar-refractivity contribution is -0.119. The van der Waals surface area contributed by atoms with Gasteiger partial charge in [-0.05, 0) is 44.0 Å². The molecule has 1 N–H and O–H groups in total. The molecule has 2 aliphatic rings. The summed E-state index contributed by atoms with van der Waals surface area (Å²) in [6.07, 6.45) is 2.09.